The van der Waals surface area contributed by atoms with Gasteiger partial charge in [0, 0.05) is 6.07 Å². The smallest absolute Gasteiger partial charge is 0.387 e. The van der Waals surface area contributed by atoms with Crippen molar-refractivity contribution in [2.45, 2.75) is 11.5 Å². The van der Waals surface area contributed by atoms with Crippen LogP contribution in [0.25, 0.3) is 0 Å². The lowest BCUT2D eigenvalue weighted by Gasteiger charge is -2.08. The van der Waals surface area contributed by atoms with Gasteiger partial charge in [-0.05, 0) is 12.3 Å². The maximum atomic E-state index is 12.7. The summed E-state index contributed by atoms with van der Waals surface area (Å²) in [5.74, 6) is -2.65. The Labute approximate surface area is 82.1 Å². The Kier molecular flexibility index (Phi) is 3.62. The van der Waals surface area contributed by atoms with Crippen LogP contribution in [0.2, 0.25) is 0 Å². The zero-order valence-electron chi connectivity index (χ0n) is 7.06. The molecule has 0 aliphatic heterocycles. The van der Waals surface area contributed by atoms with Gasteiger partial charge in [-0.2, -0.15) is 8.78 Å². The van der Waals surface area contributed by atoms with Gasteiger partial charge in [0.2, 0.25) is 0 Å². The van der Waals surface area contributed by atoms with E-state index in [4.69, 9.17) is 0 Å². The molecule has 0 fully saturated rings. The van der Waals surface area contributed by atoms with Crippen molar-refractivity contribution in [3.05, 3.63) is 23.8 Å². The quantitative estimate of drug-likeness (QED) is 0.577. The van der Waals surface area contributed by atoms with E-state index in [2.05, 4.69) is 4.74 Å². The molecule has 0 radical (unpaired) electrons. The number of benzene rings is 1. The second-order valence-electron chi connectivity index (χ2n) is 2.30. The average Bonchev–Trinajstić information content (AvgIpc) is 2.10. The van der Waals surface area contributed by atoms with Gasteiger partial charge in [-0.3, -0.25) is 0 Å². The van der Waals surface area contributed by atoms with E-state index < -0.39 is 18.2 Å². The summed E-state index contributed by atoms with van der Waals surface area (Å²) in [4.78, 5) is 0.129. The van der Waals surface area contributed by atoms with Crippen LogP contribution in [0, 0.1) is 11.6 Å². The number of rotatable bonds is 3. The fourth-order valence-corrected chi connectivity index (χ4v) is 1.39. The molecule has 0 aliphatic carbocycles. The number of alkyl halides is 2. The lowest BCUT2D eigenvalue weighted by molar-refractivity contribution is -0.0519. The van der Waals surface area contributed by atoms with E-state index in [1.807, 2.05) is 0 Å². The normalized spacial score (nSPS) is 10.7. The molecule has 0 unspecified atom stereocenters. The Balaban J connectivity index is 3.07. The fourth-order valence-electron chi connectivity index (χ4n) is 0.858. The third-order valence-corrected chi connectivity index (χ3v) is 2.18. The van der Waals surface area contributed by atoms with E-state index >= 15 is 0 Å². The minimum absolute atomic E-state index is 0.129. The number of thioether (sulfide) groups is 1. The first kappa shape index (κ1) is 11.2. The molecule has 0 N–H and O–H groups in total. The average molecular weight is 226 g/mol. The summed E-state index contributed by atoms with van der Waals surface area (Å²) in [5, 5.41) is 0. The lowest BCUT2D eigenvalue weighted by atomic mass is 10.3. The van der Waals surface area contributed by atoms with Gasteiger partial charge in [-0.25, -0.2) is 8.78 Å². The number of hydrogen-bond acceptors (Lipinski definition) is 2. The molecule has 0 aliphatic rings. The second kappa shape index (κ2) is 4.54. The van der Waals surface area contributed by atoms with Crippen LogP contribution in [-0.4, -0.2) is 12.9 Å². The van der Waals surface area contributed by atoms with Gasteiger partial charge in [0.1, 0.15) is 5.75 Å². The van der Waals surface area contributed by atoms with Crippen molar-refractivity contribution in [1.29, 1.82) is 0 Å². The van der Waals surface area contributed by atoms with E-state index in [-0.39, 0.29) is 10.6 Å². The van der Waals surface area contributed by atoms with E-state index in [9.17, 15) is 17.6 Å². The molecule has 0 saturated carbocycles. The molecular formula is C8H6F4OS. The molecule has 14 heavy (non-hydrogen) atoms. The Hall–Kier alpha value is -0.910. The molecular weight excluding hydrogens is 220 g/mol. The van der Waals surface area contributed by atoms with Crippen molar-refractivity contribution < 1.29 is 22.3 Å². The first-order valence-corrected chi connectivity index (χ1v) is 4.75. The van der Waals surface area contributed by atoms with Gasteiger partial charge in [0.05, 0.1) is 4.90 Å². The second-order valence-corrected chi connectivity index (χ2v) is 3.14. The van der Waals surface area contributed by atoms with E-state index in [0.717, 1.165) is 17.8 Å². The maximum Gasteiger partial charge on any atom is 0.387 e. The van der Waals surface area contributed by atoms with Crippen LogP contribution >= 0.6 is 11.8 Å². The van der Waals surface area contributed by atoms with Gasteiger partial charge < -0.3 is 4.74 Å². The van der Waals surface area contributed by atoms with Crippen LogP contribution in [0.15, 0.2) is 17.0 Å². The molecule has 0 amide bonds. The van der Waals surface area contributed by atoms with Gasteiger partial charge in [0.15, 0.2) is 11.6 Å². The predicted octanol–water partition coefficient (Wildman–Crippen LogP) is 3.29. The van der Waals surface area contributed by atoms with Crippen molar-refractivity contribution in [3.63, 3.8) is 0 Å². The Morgan fingerprint density at radius 3 is 2.29 bits per heavy atom. The molecule has 0 atom stereocenters. The van der Waals surface area contributed by atoms with Crippen LogP contribution in [0.3, 0.4) is 0 Å². The van der Waals surface area contributed by atoms with Crippen LogP contribution < -0.4 is 4.74 Å². The molecule has 1 rings (SSSR count). The summed E-state index contributed by atoms with van der Waals surface area (Å²) in [6.07, 6.45) is 1.55. The maximum absolute atomic E-state index is 12.7. The minimum atomic E-state index is -3.05. The highest BCUT2D eigenvalue weighted by atomic mass is 32.2. The van der Waals surface area contributed by atoms with Crippen molar-refractivity contribution in [2.24, 2.45) is 0 Å². The molecule has 1 aromatic carbocycles. The fraction of sp³-hybridized carbons (Fsp3) is 0.250. The third-order valence-electron chi connectivity index (χ3n) is 1.42. The topological polar surface area (TPSA) is 9.23 Å². The largest absolute Gasteiger partial charge is 0.434 e. The highest BCUT2D eigenvalue weighted by molar-refractivity contribution is 7.98. The molecule has 6 heteroatoms. The monoisotopic (exact) mass is 226 g/mol. The van der Waals surface area contributed by atoms with Gasteiger partial charge >= 0.3 is 6.61 Å². The molecule has 1 aromatic rings. The molecule has 0 heterocycles. The Bertz CT molecular complexity index is 329. The van der Waals surface area contributed by atoms with Gasteiger partial charge in [0.25, 0.3) is 0 Å². The van der Waals surface area contributed by atoms with Gasteiger partial charge in [-0.1, -0.05) is 0 Å². The molecule has 0 saturated heterocycles. The zero-order chi connectivity index (χ0) is 10.7. The summed E-state index contributed by atoms with van der Waals surface area (Å²) in [5.41, 5.74) is 0. The summed E-state index contributed by atoms with van der Waals surface area (Å²) in [6.45, 7) is -3.05. The predicted molar refractivity (Wildman–Crippen MR) is 44.8 cm³/mol. The number of hydrogen-bond donors (Lipinski definition) is 0. The number of ether oxygens (including phenoxy) is 1. The summed E-state index contributed by atoms with van der Waals surface area (Å²) in [7, 11) is 0. The molecule has 1 nitrogen and oxygen atoms in total. The molecule has 78 valence electrons. The molecule has 0 spiro atoms. The summed E-state index contributed by atoms with van der Waals surface area (Å²) in [6, 6.07) is 1.42. The SMILES string of the molecule is CSc1cc(F)c(F)cc1OC(F)F. The third kappa shape index (κ3) is 2.54. The first-order chi connectivity index (χ1) is 6.54. The summed E-state index contributed by atoms with van der Waals surface area (Å²) >= 11 is 0.995. The lowest BCUT2D eigenvalue weighted by Crippen LogP contribution is -2.03. The van der Waals surface area contributed by atoms with E-state index in [1.54, 1.807) is 6.26 Å². The van der Waals surface area contributed by atoms with Crippen molar-refractivity contribution in [1.82, 2.24) is 0 Å². The van der Waals surface area contributed by atoms with Crippen molar-refractivity contribution in [2.75, 3.05) is 6.26 Å². The minimum Gasteiger partial charge on any atom is -0.434 e. The van der Waals surface area contributed by atoms with Crippen LogP contribution in [0.4, 0.5) is 17.6 Å². The number of halogens is 4. The van der Waals surface area contributed by atoms with Crippen molar-refractivity contribution in [3.8, 4) is 5.75 Å². The molecule has 0 bridgehead atoms. The van der Waals surface area contributed by atoms with E-state index in [1.165, 1.54) is 0 Å². The Morgan fingerprint density at radius 1 is 1.21 bits per heavy atom. The van der Waals surface area contributed by atoms with E-state index in [0.29, 0.717) is 6.07 Å². The Morgan fingerprint density at radius 2 is 1.79 bits per heavy atom. The standard InChI is InChI=1S/C8H6F4OS/c1-14-7-3-5(10)4(9)2-6(7)13-8(11)12/h2-3,8H,1H3. The zero-order valence-corrected chi connectivity index (χ0v) is 7.88. The first-order valence-electron chi connectivity index (χ1n) is 3.52. The van der Waals surface area contributed by atoms with Crippen molar-refractivity contribution >= 4 is 11.8 Å². The summed E-state index contributed by atoms with van der Waals surface area (Å²) < 4.78 is 52.9. The molecule has 0 aromatic heterocycles. The van der Waals surface area contributed by atoms with Crippen LogP contribution in [-0.2, 0) is 0 Å². The van der Waals surface area contributed by atoms with Crippen LogP contribution in [0.1, 0.15) is 0 Å². The van der Waals surface area contributed by atoms with Gasteiger partial charge in [-0.15, -0.1) is 11.8 Å². The van der Waals surface area contributed by atoms with Crippen LogP contribution in [0.5, 0.6) is 5.75 Å². The highest BCUT2D eigenvalue weighted by Gasteiger charge is 2.13. The highest BCUT2D eigenvalue weighted by Crippen LogP contribution is 2.30.